The average Bonchev–Trinajstić information content (AvgIpc) is 2.75. The third-order valence-electron chi connectivity index (χ3n) is 5.37. The molecule has 174 valence electrons. The summed E-state index contributed by atoms with van der Waals surface area (Å²) in [5.41, 5.74) is 1.14. The summed E-state index contributed by atoms with van der Waals surface area (Å²) in [4.78, 5) is 39.1. The first-order valence-corrected chi connectivity index (χ1v) is 10.4. The van der Waals surface area contributed by atoms with Crippen molar-refractivity contribution in [1.82, 2.24) is 9.47 Å². The van der Waals surface area contributed by atoms with Gasteiger partial charge in [0.05, 0.1) is 37.3 Å². The highest BCUT2D eigenvalue weighted by Crippen LogP contribution is 2.32. The lowest BCUT2D eigenvalue weighted by Crippen LogP contribution is -2.36. The molecule has 1 unspecified atom stereocenters. The average molecular weight is 465 g/mol. The molecule has 0 saturated carbocycles. The number of pyridine rings is 1. The van der Waals surface area contributed by atoms with Gasteiger partial charge in [-0.15, -0.1) is 0 Å². The van der Waals surface area contributed by atoms with Crippen LogP contribution in [0.25, 0.3) is 10.9 Å². The van der Waals surface area contributed by atoms with Gasteiger partial charge < -0.3 is 23.5 Å². The molecule has 0 amide bonds. The fourth-order valence-electron chi connectivity index (χ4n) is 3.99. The Morgan fingerprint density at radius 2 is 1.94 bits per heavy atom. The molecule has 10 heteroatoms. The lowest BCUT2D eigenvalue weighted by Gasteiger charge is -2.30. The van der Waals surface area contributed by atoms with E-state index in [4.69, 9.17) is 18.9 Å². The van der Waals surface area contributed by atoms with Gasteiger partial charge in [-0.2, -0.15) is 13.5 Å². The second-order valence-electron chi connectivity index (χ2n) is 7.67. The highest BCUT2D eigenvalue weighted by Gasteiger charge is 2.27. The lowest BCUT2D eigenvalue weighted by molar-refractivity contribution is -0.143. The van der Waals surface area contributed by atoms with Crippen LogP contribution >= 0.6 is 13.5 Å². The van der Waals surface area contributed by atoms with Crippen LogP contribution in [0, 0.1) is 0 Å². The summed E-state index contributed by atoms with van der Waals surface area (Å²) in [7, 11) is 0. The Hall–Kier alpha value is -2.56. The quantitative estimate of drug-likeness (QED) is 0.593. The van der Waals surface area contributed by atoms with E-state index in [0.29, 0.717) is 43.0 Å². The van der Waals surface area contributed by atoms with Crippen molar-refractivity contribution in [2.24, 2.45) is 0 Å². The topological polar surface area (TPSA) is 96.3 Å². The van der Waals surface area contributed by atoms with Gasteiger partial charge >= 0.3 is 11.9 Å². The highest BCUT2D eigenvalue weighted by atomic mass is 32.1. The van der Waals surface area contributed by atoms with Crippen LogP contribution in [0.2, 0.25) is 0 Å². The van der Waals surface area contributed by atoms with Crippen molar-refractivity contribution in [1.29, 1.82) is 0 Å². The lowest BCUT2D eigenvalue weighted by atomic mass is 10.0. The zero-order chi connectivity index (χ0) is 22.0. The molecule has 1 fully saturated rings. The molecule has 2 aliphatic rings. The molecule has 1 atom stereocenters. The first kappa shape index (κ1) is 24.1. The Morgan fingerprint density at radius 1 is 1.19 bits per heavy atom. The molecule has 4 rings (SSSR count). The van der Waals surface area contributed by atoms with Crippen LogP contribution in [0.1, 0.15) is 29.8 Å². The molecular formula is C22H28N2O7S. The van der Waals surface area contributed by atoms with Gasteiger partial charge in [0.15, 0.2) is 6.10 Å². The molecule has 1 aromatic heterocycles. The van der Waals surface area contributed by atoms with E-state index in [1.54, 1.807) is 6.92 Å². The van der Waals surface area contributed by atoms with E-state index in [2.05, 4.69) is 4.90 Å². The van der Waals surface area contributed by atoms with Crippen LogP contribution in [0.15, 0.2) is 23.1 Å². The molecule has 2 aromatic rings. The first-order valence-electron chi connectivity index (χ1n) is 10.4. The van der Waals surface area contributed by atoms with Gasteiger partial charge in [-0.1, -0.05) is 0 Å². The monoisotopic (exact) mass is 464 g/mol. The second-order valence-corrected chi connectivity index (χ2v) is 7.67. The number of benzene rings is 1. The minimum atomic E-state index is -0.652. The van der Waals surface area contributed by atoms with E-state index in [1.165, 1.54) is 13.1 Å². The van der Waals surface area contributed by atoms with Gasteiger partial charge in [-0.05, 0) is 24.6 Å². The third-order valence-corrected chi connectivity index (χ3v) is 5.37. The molecule has 1 saturated heterocycles. The minimum absolute atomic E-state index is 0. The molecule has 3 heterocycles. The summed E-state index contributed by atoms with van der Waals surface area (Å²) in [5, 5.41) is 0.414. The first-order chi connectivity index (χ1) is 15.0. The highest BCUT2D eigenvalue weighted by molar-refractivity contribution is 7.59. The Balaban J connectivity index is 0.00000289. The van der Waals surface area contributed by atoms with Gasteiger partial charge in [0.25, 0.3) is 0 Å². The summed E-state index contributed by atoms with van der Waals surface area (Å²) in [5.74, 6) is -0.509. The van der Waals surface area contributed by atoms with Gasteiger partial charge in [0.1, 0.15) is 17.9 Å². The Morgan fingerprint density at radius 3 is 2.62 bits per heavy atom. The van der Waals surface area contributed by atoms with Crippen molar-refractivity contribution >= 4 is 36.3 Å². The number of carbonyl (C=O) groups is 2. The summed E-state index contributed by atoms with van der Waals surface area (Å²) < 4.78 is 23.5. The number of morpholine rings is 1. The predicted molar refractivity (Wildman–Crippen MR) is 122 cm³/mol. The fraction of sp³-hybridized carbons (Fsp3) is 0.500. The standard InChI is InChI=1S/C22H26N2O7.H2S/c1-3-29-22(27)18-12-24-11-16(13-30-14(2)25)31-19-9-15(8-17(20(19)24)21(18)26)10-23-4-6-28-7-5-23;/h8-9,12,16H,3-7,10-11,13H2,1-2H3;1H2. The van der Waals surface area contributed by atoms with Crippen LogP contribution in [0.3, 0.4) is 0 Å². The van der Waals surface area contributed by atoms with E-state index < -0.39 is 18.0 Å². The fourth-order valence-corrected chi connectivity index (χ4v) is 3.99. The SMILES string of the molecule is CCOC(=O)c1cn2c3c(cc(CN4CCOCC4)cc3c1=O)OC(COC(C)=O)C2.S. The van der Waals surface area contributed by atoms with Crippen molar-refractivity contribution in [2.75, 3.05) is 39.5 Å². The number of hydrogen-bond acceptors (Lipinski definition) is 8. The van der Waals surface area contributed by atoms with Crippen molar-refractivity contribution in [3.8, 4) is 5.75 Å². The van der Waals surface area contributed by atoms with Crippen LogP contribution < -0.4 is 10.2 Å². The van der Waals surface area contributed by atoms with E-state index in [1.807, 2.05) is 16.7 Å². The van der Waals surface area contributed by atoms with Crippen LogP contribution in [-0.2, 0) is 32.1 Å². The number of aromatic nitrogens is 1. The largest absolute Gasteiger partial charge is 0.483 e. The summed E-state index contributed by atoms with van der Waals surface area (Å²) >= 11 is 0. The molecule has 0 spiro atoms. The smallest absolute Gasteiger partial charge is 0.343 e. The van der Waals surface area contributed by atoms with E-state index in [0.717, 1.165) is 18.7 Å². The number of hydrogen-bond donors (Lipinski definition) is 0. The van der Waals surface area contributed by atoms with Gasteiger partial charge in [-0.3, -0.25) is 14.5 Å². The summed E-state index contributed by atoms with van der Waals surface area (Å²) in [6.45, 7) is 7.20. The summed E-state index contributed by atoms with van der Waals surface area (Å²) in [6, 6.07) is 3.74. The van der Waals surface area contributed by atoms with Gasteiger partial charge in [0, 0.05) is 32.8 Å². The predicted octanol–water partition coefficient (Wildman–Crippen LogP) is 1.45. The Kier molecular flexibility index (Phi) is 7.81. The molecule has 0 bridgehead atoms. The van der Waals surface area contributed by atoms with E-state index in [-0.39, 0.29) is 37.7 Å². The van der Waals surface area contributed by atoms with Crippen molar-refractivity contribution in [3.63, 3.8) is 0 Å². The van der Waals surface area contributed by atoms with E-state index in [9.17, 15) is 14.4 Å². The molecule has 0 aliphatic carbocycles. The molecule has 0 N–H and O–H groups in total. The third kappa shape index (κ3) is 5.08. The van der Waals surface area contributed by atoms with Crippen LogP contribution in [0.5, 0.6) is 5.75 Å². The van der Waals surface area contributed by atoms with Crippen molar-refractivity contribution in [3.05, 3.63) is 39.7 Å². The Labute approximate surface area is 192 Å². The number of ether oxygens (including phenoxy) is 4. The van der Waals surface area contributed by atoms with Gasteiger partial charge in [-0.25, -0.2) is 4.79 Å². The molecule has 0 radical (unpaired) electrons. The maximum Gasteiger partial charge on any atom is 0.343 e. The van der Waals surface area contributed by atoms with Crippen molar-refractivity contribution in [2.45, 2.75) is 33.0 Å². The normalized spacial score (nSPS) is 17.9. The number of rotatable bonds is 6. The maximum absolute atomic E-state index is 13.2. The number of carbonyl (C=O) groups excluding carboxylic acids is 2. The molecule has 32 heavy (non-hydrogen) atoms. The zero-order valence-corrected chi connectivity index (χ0v) is 19.2. The molecular weight excluding hydrogens is 436 g/mol. The maximum atomic E-state index is 13.2. The second kappa shape index (κ2) is 10.4. The molecule has 2 aliphatic heterocycles. The molecule has 1 aromatic carbocycles. The summed E-state index contributed by atoms with van der Waals surface area (Å²) in [6.07, 6.45) is 1.08. The Bertz CT molecular complexity index is 1060. The van der Waals surface area contributed by atoms with E-state index >= 15 is 0 Å². The minimum Gasteiger partial charge on any atom is -0.483 e. The van der Waals surface area contributed by atoms with Gasteiger partial charge in [0.2, 0.25) is 5.43 Å². The van der Waals surface area contributed by atoms with Crippen molar-refractivity contribution < 1.29 is 28.5 Å². The van der Waals surface area contributed by atoms with Crippen LogP contribution in [-0.4, -0.2) is 67.0 Å². The zero-order valence-electron chi connectivity index (χ0n) is 18.2. The van der Waals surface area contributed by atoms with Crippen LogP contribution in [0.4, 0.5) is 0 Å². The number of esters is 2. The number of nitrogens with zero attached hydrogens (tertiary/aromatic N) is 2. The molecule has 9 nitrogen and oxygen atoms in total.